The summed E-state index contributed by atoms with van der Waals surface area (Å²) in [4.78, 5) is 18.9. The van der Waals surface area contributed by atoms with Crippen LogP contribution in [-0.4, -0.2) is 48.1 Å². The fraction of sp³-hybridized carbons (Fsp3) is 0.333. The normalized spacial score (nSPS) is 16.9. The van der Waals surface area contributed by atoms with Crippen molar-refractivity contribution in [3.05, 3.63) is 77.3 Å². The van der Waals surface area contributed by atoms with Gasteiger partial charge in [0.15, 0.2) is 11.7 Å². The molecule has 0 saturated carbocycles. The maximum absolute atomic E-state index is 12.3. The monoisotopic (exact) mass is 439 g/mol. The molecule has 1 N–H and O–H groups in total. The first kappa shape index (κ1) is 21.6. The third-order valence-electron chi connectivity index (χ3n) is 5.25. The smallest absolute Gasteiger partial charge is 0.220 e. The number of ether oxygens (including phenoxy) is 1. The van der Waals surface area contributed by atoms with Crippen LogP contribution >= 0.6 is 11.6 Å². The zero-order valence-corrected chi connectivity index (χ0v) is 18.1. The van der Waals surface area contributed by atoms with Crippen molar-refractivity contribution in [2.45, 2.75) is 25.5 Å². The number of oxazole rings is 1. The molecule has 0 bridgehead atoms. The number of rotatable bonds is 8. The van der Waals surface area contributed by atoms with Crippen molar-refractivity contribution in [3.8, 4) is 11.3 Å². The van der Waals surface area contributed by atoms with Crippen molar-refractivity contribution < 1.29 is 13.9 Å². The number of benzene rings is 2. The van der Waals surface area contributed by atoms with Crippen molar-refractivity contribution in [1.29, 1.82) is 0 Å². The van der Waals surface area contributed by atoms with Crippen LogP contribution in [0.3, 0.4) is 0 Å². The van der Waals surface area contributed by atoms with Crippen LogP contribution in [0.25, 0.3) is 11.3 Å². The van der Waals surface area contributed by atoms with Gasteiger partial charge in [-0.2, -0.15) is 0 Å². The fourth-order valence-electron chi connectivity index (χ4n) is 3.60. The number of nitrogens with one attached hydrogen (secondary N) is 1. The maximum Gasteiger partial charge on any atom is 0.220 e. The van der Waals surface area contributed by atoms with Gasteiger partial charge in [0.1, 0.15) is 0 Å². The Hall–Kier alpha value is -2.67. The standard InChI is InChI=1S/C24H26ClN3O3/c25-20-8-6-19(7-9-20)22-15-27-24(31-22)11-10-23(29)26-14-21-17-28(12-13-30-21)16-18-4-2-1-3-5-18/h1-9,15,21H,10-14,16-17H2,(H,26,29). The summed E-state index contributed by atoms with van der Waals surface area (Å²) >= 11 is 5.92. The summed E-state index contributed by atoms with van der Waals surface area (Å²) in [5.41, 5.74) is 2.19. The van der Waals surface area contributed by atoms with Gasteiger partial charge in [-0.05, 0) is 29.8 Å². The molecule has 7 heteroatoms. The summed E-state index contributed by atoms with van der Waals surface area (Å²) in [6, 6.07) is 17.8. The van der Waals surface area contributed by atoms with E-state index in [1.165, 1.54) is 5.56 Å². The summed E-state index contributed by atoms with van der Waals surface area (Å²) in [5, 5.41) is 3.65. The van der Waals surface area contributed by atoms with Gasteiger partial charge >= 0.3 is 0 Å². The molecule has 1 aliphatic rings. The van der Waals surface area contributed by atoms with E-state index in [-0.39, 0.29) is 12.0 Å². The maximum atomic E-state index is 12.3. The van der Waals surface area contributed by atoms with Gasteiger partial charge in [0.05, 0.1) is 18.9 Å². The molecule has 1 aliphatic heterocycles. The average Bonchev–Trinajstić information content (AvgIpc) is 3.27. The largest absolute Gasteiger partial charge is 0.441 e. The van der Waals surface area contributed by atoms with E-state index < -0.39 is 0 Å². The number of carbonyl (C=O) groups is 1. The molecule has 31 heavy (non-hydrogen) atoms. The Morgan fingerprint density at radius 1 is 1.16 bits per heavy atom. The van der Waals surface area contributed by atoms with E-state index in [2.05, 4.69) is 39.5 Å². The zero-order chi connectivity index (χ0) is 21.5. The van der Waals surface area contributed by atoms with E-state index in [0.29, 0.717) is 42.7 Å². The van der Waals surface area contributed by atoms with Crippen LogP contribution in [0.5, 0.6) is 0 Å². The third-order valence-corrected chi connectivity index (χ3v) is 5.50. The Bertz CT molecular complexity index is 975. The van der Waals surface area contributed by atoms with Crippen LogP contribution in [0, 0.1) is 0 Å². The molecule has 1 saturated heterocycles. The van der Waals surface area contributed by atoms with E-state index in [9.17, 15) is 4.79 Å². The van der Waals surface area contributed by atoms with Crippen molar-refractivity contribution in [3.63, 3.8) is 0 Å². The molecule has 4 rings (SSSR count). The minimum absolute atomic E-state index is 0.000317. The number of aromatic nitrogens is 1. The van der Waals surface area contributed by atoms with E-state index in [1.807, 2.05) is 18.2 Å². The first-order valence-electron chi connectivity index (χ1n) is 10.5. The lowest BCUT2D eigenvalue weighted by Gasteiger charge is -2.33. The Labute approximate surface area is 187 Å². The number of carbonyl (C=O) groups excluding carboxylic acids is 1. The third kappa shape index (κ3) is 6.40. The van der Waals surface area contributed by atoms with Crippen molar-refractivity contribution in [1.82, 2.24) is 15.2 Å². The van der Waals surface area contributed by atoms with Crippen molar-refractivity contribution >= 4 is 17.5 Å². The quantitative estimate of drug-likeness (QED) is 0.575. The van der Waals surface area contributed by atoms with E-state index in [0.717, 1.165) is 25.2 Å². The van der Waals surface area contributed by atoms with Crippen LogP contribution < -0.4 is 5.32 Å². The summed E-state index contributed by atoms with van der Waals surface area (Å²) in [6.45, 7) is 3.79. The van der Waals surface area contributed by atoms with Crippen molar-refractivity contribution in [2.24, 2.45) is 0 Å². The van der Waals surface area contributed by atoms with Crippen LogP contribution in [0.2, 0.25) is 5.02 Å². The number of amides is 1. The highest BCUT2D eigenvalue weighted by molar-refractivity contribution is 6.30. The molecule has 3 aromatic rings. The van der Waals surface area contributed by atoms with Gasteiger partial charge < -0.3 is 14.5 Å². The highest BCUT2D eigenvalue weighted by Gasteiger charge is 2.21. The molecule has 1 unspecified atom stereocenters. The Morgan fingerprint density at radius 2 is 1.97 bits per heavy atom. The molecule has 0 spiro atoms. The minimum Gasteiger partial charge on any atom is -0.441 e. The highest BCUT2D eigenvalue weighted by Crippen LogP contribution is 2.22. The lowest BCUT2D eigenvalue weighted by molar-refractivity contribution is -0.122. The molecule has 0 aliphatic carbocycles. The first-order chi connectivity index (χ1) is 15.2. The molecule has 162 valence electrons. The SMILES string of the molecule is O=C(CCc1ncc(-c2ccc(Cl)cc2)o1)NCC1CN(Cc2ccccc2)CCO1. The predicted octanol–water partition coefficient (Wildman–Crippen LogP) is 3.94. The zero-order valence-electron chi connectivity index (χ0n) is 17.3. The number of aryl methyl sites for hydroxylation is 1. The number of morpholine rings is 1. The summed E-state index contributed by atoms with van der Waals surface area (Å²) in [5.74, 6) is 1.18. The molecule has 1 atom stereocenters. The second-order valence-corrected chi connectivity index (χ2v) is 8.08. The van der Waals surface area contributed by atoms with E-state index >= 15 is 0 Å². The van der Waals surface area contributed by atoms with Gasteiger partial charge in [-0.25, -0.2) is 4.98 Å². The van der Waals surface area contributed by atoms with Gasteiger partial charge in [-0.1, -0.05) is 41.9 Å². The van der Waals surface area contributed by atoms with Gasteiger partial charge in [0.25, 0.3) is 0 Å². The Morgan fingerprint density at radius 3 is 2.77 bits per heavy atom. The number of hydrogen-bond acceptors (Lipinski definition) is 5. The second-order valence-electron chi connectivity index (χ2n) is 7.64. The first-order valence-corrected chi connectivity index (χ1v) is 10.9. The van der Waals surface area contributed by atoms with Gasteiger partial charge in [-0.3, -0.25) is 9.69 Å². The fourth-order valence-corrected chi connectivity index (χ4v) is 3.73. The number of hydrogen-bond donors (Lipinski definition) is 1. The Balaban J connectivity index is 1.19. The van der Waals surface area contributed by atoms with Crippen molar-refractivity contribution in [2.75, 3.05) is 26.2 Å². The van der Waals surface area contributed by atoms with Gasteiger partial charge in [-0.15, -0.1) is 0 Å². The Kier molecular flexibility index (Phi) is 7.35. The predicted molar refractivity (Wildman–Crippen MR) is 120 cm³/mol. The lowest BCUT2D eigenvalue weighted by atomic mass is 10.2. The molecular weight excluding hydrogens is 414 g/mol. The van der Waals surface area contributed by atoms with Crippen LogP contribution in [0.4, 0.5) is 0 Å². The molecule has 2 heterocycles. The molecule has 1 fully saturated rings. The number of nitrogens with zero attached hydrogens (tertiary/aromatic N) is 2. The molecule has 2 aromatic carbocycles. The van der Waals surface area contributed by atoms with Crippen LogP contribution in [0.15, 0.2) is 65.2 Å². The minimum atomic E-state index is -0.0324. The summed E-state index contributed by atoms with van der Waals surface area (Å²) in [7, 11) is 0. The molecule has 1 aromatic heterocycles. The van der Waals surface area contributed by atoms with E-state index in [1.54, 1.807) is 18.3 Å². The summed E-state index contributed by atoms with van der Waals surface area (Å²) in [6.07, 6.45) is 2.44. The molecule has 6 nitrogen and oxygen atoms in total. The van der Waals surface area contributed by atoms with Crippen LogP contribution in [0.1, 0.15) is 17.9 Å². The molecule has 0 radical (unpaired) electrons. The second kappa shape index (κ2) is 10.6. The molecular formula is C24H26ClN3O3. The van der Waals surface area contributed by atoms with Gasteiger partial charge in [0, 0.05) is 49.6 Å². The number of halogens is 1. The van der Waals surface area contributed by atoms with E-state index in [4.69, 9.17) is 20.8 Å². The van der Waals surface area contributed by atoms with Gasteiger partial charge in [0.2, 0.25) is 5.91 Å². The van der Waals surface area contributed by atoms with Crippen LogP contribution in [-0.2, 0) is 22.5 Å². The highest BCUT2D eigenvalue weighted by atomic mass is 35.5. The average molecular weight is 440 g/mol. The lowest BCUT2D eigenvalue weighted by Crippen LogP contribution is -2.47. The summed E-state index contributed by atoms with van der Waals surface area (Å²) < 4.78 is 11.6. The topological polar surface area (TPSA) is 67.6 Å². The molecule has 1 amide bonds.